The van der Waals surface area contributed by atoms with Crippen molar-refractivity contribution >= 4 is 66.8 Å². The van der Waals surface area contributed by atoms with Gasteiger partial charge in [0, 0.05) is 93.3 Å². The monoisotopic (exact) mass is 1580 g/mol. The molecule has 4 atom stereocenters. The van der Waals surface area contributed by atoms with Crippen LogP contribution >= 0.6 is 0 Å². The third-order valence-corrected chi connectivity index (χ3v) is 29.0. The molecule has 606 valence electrons. The van der Waals surface area contributed by atoms with Crippen molar-refractivity contribution in [1.29, 1.82) is 0 Å². The number of ether oxygens (including phenoxy) is 2. The number of aliphatic hydroxyl groups is 3. The standard InChI is InChI=1S/2C18H30N2O2S.C16H25NO3S.C15H25NO4S.C15H23NOS.CH4/c1-18(2,3)16-6-8-17(9-7-16)23(5,21)20-12-10-19(11-13-20)14-15-22-4;1-18(2,3)16-6-8-17(9-7-16)23(4,21)19-10-5-11-20-12-14-22-15-13-20;1-16(2,3)13-7-9-15(10-8-13)21(19,20)17-11-5-4-6-14(17)12-18;1-5-15(10-17,11-18)16-21(19,20)13-8-6-12(7-9-13)14(2,3)4;1-7-12-16(5)18(6,17)14-10-8-13(9-11-14)15(2,3)4;/h6-9H,5,10-15H2,1-4H3;6-9H,4-5,10-15H2,1-3H3,(H,19,21);7-10,14,18H,4-6,11-12H2,1-3H3;6-9,16-18H,5,10-11H2,1-4H3;7-11H,1,6,12H2,2-5H3;1H4. The predicted octanol–water partition coefficient (Wildman–Crippen LogP) is 12.2. The van der Waals surface area contributed by atoms with E-state index in [9.17, 15) is 44.8 Å². The van der Waals surface area contributed by atoms with Gasteiger partial charge in [-0.15, -0.1) is 6.58 Å². The summed E-state index contributed by atoms with van der Waals surface area (Å²) in [5, 5.41) is 28.1. The van der Waals surface area contributed by atoms with Crippen molar-refractivity contribution in [2.75, 3.05) is 126 Å². The van der Waals surface area contributed by atoms with E-state index >= 15 is 0 Å². The van der Waals surface area contributed by atoms with Crippen molar-refractivity contribution in [3.8, 4) is 0 Å². The topological polar surface area (TPSA) is 239 Å². The first-order chi connectivity index (χ1) is 49.1. The van der Waals surface area contributed by atoms with Gasteiger partial charge in [0.2, 0.25) is 20.0 Å². The van der Waals surface area contributed by atoms with Gasteiger partial charge in [0.05, 0.1) is 84.1 Å². The van der Waals surface area contributed by atoms with Gasteiger partial charge in [-0.2, -0.15) is 4.31 Å². The van der Waals surface area contributed by atoms with Gasteiger partial charge in [-0.25, -0.2) is 47.5 Å². The Morgan fingerprint density at radius 3 is 1.32 bits per heavy atom. The second-order valence-corrected chi connectivity index (χ2v) is 43.2. The van der Waals surface area contributed by atoms with E-state index in [2.05, 4.69) is 151 Å². The van der Waals surface area contributed by atoms with E-state index < -0.39 is 67.9 Å². The maximum absolute atomic E-state index is 13.2. The number of likely N-dealkylation sites (N-methyl/N-ethyl adjacent to an activating group) is 1. The van der Waals surface area contributed by atoms with E-state index in [1.54, 1.807) is 55.7 Å². The molecule has 5 N–H and O–H groups in total. The molecule has 3 heterocycles. The first kappa shape index (κ1) is 96.5. The Bertz CT molecular complexity index is 4040. The average molecular weight is 1590 g/mol. The molecule has 0 saturated carbocycles. The summed E-state index contributed by atoms with van der Waals surface area (Å²) in [6.07, 6.45) is 5.55. The predicted molar refractivity (Wildman–Crippen MR) is 452 cm³/mol. The van der Waals surface area contributed by atoms with Crippen LogP contribution < -0.4 is 9.44 Å². The van der Waals surface area contributed by atoms with E-state index in [1.807, 2.05) is 85.7 Å². The largest absolute Gasteiger partial charge is 0.395 e. The second kappa shape index (κ2) is 41.7. The number of aliphatic hydroxyl groups excluding tert-OH is 3. The van der Waals surface area contributed by atoms with Crippen LogP contribution in [0.3, 0.4) is 0 Å². The van der Waals surface area contributed by atoms with Gasteiger partial charge in [0.25, 0.3) is 0 Å². The van der Waals surface area contributed by atoms with Gasteiger partial charge in [-0.3, -0.25) is 9.80 Å². The summed E-state index contributed by atoms with van der Waals surface area (Å²) in [5.41, 5.74) is 4.89. The Morgan fingerprint density at radius 1 is 0.542 bits per heavy atom. The van der Waals surface area contributed by atoms with Crippen LogP contribution in [0.25, 0.3) is 0 Å². The van der Waals surface area contributed by atoms with Crippen LogP contribution in [0, 0.1) is 0 Å². The highest BCUT2D eigenvalue weighted by Gasteiger charge is 2.35. The number of sulfonamides is 2. The molecule has 0 radical (unpaired) electrons. The second-order valence-electron chi connectivity index (χ2n) is 32.9. The van der Waals surface area contributed by atoms with Gasteiger partial charge >= 0.3 is 0 Å². The molecular formula is C83H137N7O12S5. The van der Waals surface area contributed by atoms with Crippen molar-refractivity contribution in [1.82, 2.24) is 32.2 Å². The summed E-state index contributed by atoms with van der Waals surface area (Å²) in [6, 6.07) is 37.4. The molecule has 0 amide bonds. The minimum atomic E-state index is -3.79. The highest BCUT2D eigenvalue weighted by Crippen LogP contribution is 2.31. The Kier molecular flexibility index (Phi) is 37.6. The van der Waals surface area contributed by atoms with Crippen LogP contribution in [-0.4, -0.2) is 222 Å². The normalized spacial score (nSPS) is 18.0. The van der Waals surface area contributed by atoms with Crippen LogP contribution in [0.2, 0.25) is 0 Å². The van der Waals surface area contributed by atoms with Crippen molar-refractivity contribution in [3.63, 3.8) is 0 Å². The molecule has 107 heavy (non-hydrogen) atoms. The number of piperazine rings is 1. The number of nitrogens with zero attached hydrogens (tertiary/aromatic N) is 5. The summed E-state index contributed by atoms with van der Waals surface area (Å²) in [7, 11) is -11.0. The van der Waals surface area contributed by atoms with Crippen LogP contribution in [0.15, 0.2) is 158 Å². The average Bonchev–Trinajstić information content (AvgIpc) is 0.811. The molecule has 3 fully saturated rings. The third-order valence-electron chi connectivity index (χ3n) is 19.4. The molecule has 3 saturated heterocycles. The molecule has 24 heteroatoms. The summed E-state index contributed by atoms with van der Waals surface area (Å²) in [4.78, 5) is 7.53. The van der Waals surface area contributed by atoms with Gasteiger partial charge in [-0.05, 0) is 172 Å². The molecule has 0 spiro atoms. The molecule has 5 aromatic rings. The smallest absolute Gasteiger partial charge is 0.243 e. The zero-order valence-electron chi connectivity index (χ0n) is 67.4. The van der Waals surface area contributed by atoms with Crippen molar-refractivity contribution in [2.45, 2.75) is 213 Å². The Hall–Kier alpha value is -4.68. The lowest BCUT2D eigenvalue weighted by Gasteiger charge is -2.36. The molecule has 0 aromatic heterocycles. The first-order valence-corrected chi connectivity index (χ1v) is 45.0. The summed E-state index contributed by atoms with van der Waals surface area (Å²) in [6.45, 7) is 47.8. The maximum atomic E-state index is 13.2. The van der Waals surface area contributed by atoms with E-state index in [0.29, 0.717) is 31.0 Å². The molecular weight excluding hydrogens is 1450 g/mol. The number of morpholine rings is 1. The Balaban J connectivity index is 0.000000347. The first-order valence-electron chi connectivity index (χ1n) is 37.0. The fraction of sp³-hybridized carbons (Fsp3) is 0.578. The quantitative estimate of drug-likeness (QED) is 0.0219. The number of rotatable bonds is 24. The zero-order valence-corrected chi connectivity index (χ0v) is 71.5. The fourth-order valence-corrected chi connectivity index (χ4v) is 18.9. The number of nitrogens with one attached hydrogen (secondary N) is 2. The molecule has 4 unspecified atom stereocenters. The maximum Gasteiger partial charge on any atom is 0.243 e. The SMILES string of the molecule is C.C=CCN(C)S(=C)(=O)c1ccc(C(C)(C)C)cc1.C=S(=O)(NCCCN1CCOCC1)c1ccc(C(C)(C)C)cc1.C=S(=O)(c1ccc(C(C)(C)C)cc1)N1CCN(CCOC)CC1.CC(C)(C)c1ccc(S(=O)(=O)N2CCCCC2CO)cc1.CCC(CO)(CO)NS(=O)(=O)c1ccc(C(C)(C)C)cc1. The van der Waals surface area contributed by atoms with Crippen molar-refractivity contribution < 1.29 is 54.3 Å². The highest BCUT2D eigenvalue weighted by atomic mass is 32.2. The highest BCUT2D eigenvalue weighted by molar-refractivity contribution is 7.99. The number of piperidine rings is 1. The Labute approximate surface area is 649 Å². The molecule has 19 nitrogen and oxygen atoms in total. The summed E-state index contributed by atoms with van der Waals surface area (Å²) < 4.78 is 110. The fourth-order valence-electron chi connectivity index (χ4n) is 11.7. The van der Waals surface area contributed by atoms with E-state index in [4.69, 9.17) is 9.47 Å². The van der Waals surface area contributed by atoms with Crippen LogP contribution in [0.1, 0.15) is 178 Å². The van der Waals surface area contributed by atoms with Gasteiger partial charge < -0.3 is 24.8 Å². The Morgan fingerprint density at radius 2 is 0.935 bits per heavy atom. The molecule has 0 aliphatic carbocycles. The van der Waals surface area contributed by atoms with Gasteiger partial charge in [0.1, 0.15) is 0 Å². The van der Waals surface area contributed by atoms with Crippen molar-refractivity contribution in [2.24, 2.45) is 0 Å². The van der Waals surface area contributed by atoms with Crippen LogP contribution in [0.4, 0.5) is 0 Å². The van der Waals surface area contributed by atoms with E-state index in [-0.39, 0.29) is 52.0 Å². The number of hydrogen-bond donors (Lipinski definition) is 5. The minimum Gasteiger partial charge on any atom is -0.395 e. The van der Waals surface area contributed by atoms with Crippen LogP contribution in [-0.2, 0) is 85.7 Å². The van der Waals surface area contributed by atoms with Gasteiger partial charge in [-0.1, -0.05) is 191 Å². The lowest BCUT2D eigenvalue weighted by molar-refractivity contribution is 0.0376. The van der Waals surface area contributed by atoms with Crippen molar-refractivity contribution in [3.05, 3.63) is 162 Å². The van der Waals surface area contributed by atoms with Gasteiger partial charge in [0.15, 0.2) is 0 Å². The molecule has 3 aliphatic rings. The molecule has 5 aromatic carbocycles. The number of benzene rings is 5. The lowest BCUT2D eigenvalue weighted by atomic mass is 9.87. The summed E-state index contributed by atoms with van der Waals surface area (Å²) in [5.74, 6) is 11.8. The molecule has 3 aliphatic heterocycles. The van der Waals surface area contributed by atoms with E-state index in [1.165, 1.54) is 33.1 Å². The minimum absolute atomic E-state index is 0. The van der Waals surface area contributed by atoms with Crippen LogP contribution in [0.5, 0.6) is 0 Å². The van der Waals surface area contributed by atoms with E-state index in [0.717, 1.165) is 124 Å². The number of hydrogen-bond acceptors (Lipinski definition) is 14. The number of methoxy groups -OCH3 is 1. The lowest BCUT2D eigenvalue weighted by Crippen LogP contribution is -2.53. The third kappa shape index (κ3) is 29.4. The molecule has 0 bridgehead atoms. The summed E-state index contributed by atoms with van der Waals surface area (Å²) >= 11 is 0. The zero-order chi connectivity index (χ0) is 80.0. The molecule has 8 rings (SSSR count).